The maximum atomic E-state index is 12.5. The Morgan fingerprint density at radius 2 is 2.13 bits per heavy atom. The Hall–Kier alpha value is -2.07. The number of fused-ring (bicyclic) bond motifs is 1. The van der Waals surface area contributed by atoms with Gasteiger partial charge in [-0.05, 0) is 30.4 Å². The van der Waals surface area contributed by atoms with E-state index in [1.807, 2.05) is 29.3 Å². The van der Waals surface area contributed by atoms with Gasteiger partial charge in [-0.25, -0.2) is 0 Å². The first-order valence-corrected chi connectivity index (χ1v) is 8.29. The van der Waals surface area contributed by atoms with Crippen molar-refractivity contribution < 1.29 is 9.53 Å². The molecule has 4 nitrogen and oxygen atoms in total. The predicted octanol–water partition coefficient (Wildman–Crippen LogP) is 3.15. The Morgan fingerprint density at radius 1 is 1.35 bits per heavy atom. The molecular weight excluding hydrogens is 288 g/mol. The number of hydrogen-bond donors (Lipinski definition) is 1. The molecule has 2 aromatic rings. The molecule has 1 aromatic carbocycles. The number of nitrogens with one attached hydrogen (secondary N) is 1. The lowest BCUT2D eigenvalue weighted by molar-refractivity contribution is -0.132. The topological polar surface area (TPSA) is 45.3 Å². The third-order valence-electron chi connectivity index (χ3n) is 4.57. The lowest BCUT2D eigenvalue weighted by atomic mass is 9.97. The maximum Gasteiger partial charge on any atom is 0.227 e. The molecule has 0 bridgehead atoms. The lowest BCUT2D eigenvalue weighted by Crippen LogP contribution is -2.40. The van der Waals surface area contributed by atoms with Crippen molar-refractivity contribution in [2.45, 2.75) is 19.3 Å². The van der Waals surface area contributed by atoms with Gasteiger partial charge >= 0.3 is 0 Å². The van der Waals surface area contributed by atoms with Crippen molar-refractivity contribution in [2.24, 2.45) is 5.92 Å². The fourth-order valence-corrected chi connectivity index (χ4v) is 3.22. The summed E-state index contributed by atoms with van der Waals surface area (Å²) < 4.78 is 5.53. The number of hydrogen-bond acceptors (Lipinski definition) is 2. The fourth-order valence-electron chi connectivity index (χ4n) is 3.22. The van der Waals surface area contributed by atoms with Crippen LogP contribution in [0.4, 0.5) is 0 Å². The van der Waals surface area contributed by atoms with Crippen molar-refractivity contribution in [3.8, 4) is 0 Å². The van der Waals surface area contributed by atoms with Gasteiger partial charge in [0.2, 0.25) is 5.91 Å². The summed E-state index contributed by atoms with van der Waals surface area (Å²) in [5.41, 5.74) is 2.18. The van der Waals surface area contributed by atoms with Gasteiger partial charge in [-0.3, -0.25) is 4.79 Å². The zero-order valence-electron chi connectivity index (χ0n) is 13.5. The molecule has 4 heteroatoms. The van der Waals surface area contributed by atoms with E-state index < -0.39 is 0 Å². The number of ether oxygens (including phenoxy) is 1. The number of likely N-dealkylation sites (tertiary alicyclic amines) is 1. The quantitative estimate of drug-likeness (QED) is 0.658. The largest absolute Gasteiger partial charge is 0.377 e. The summed E-state index contributed by atoms with van der Waals surface area (Å²) in [5.74, 6) is 0.785. The molecule has 1 aliphatic heterocycles. The second-order valence-electron chi connectivity index (χ2n) is 6.19. The Bertz CT molecular complexity index is 669. The molecule has 122 valence electrons. The number of carbonyl (C=O) groups is 1. The van der Waals surface area contributed by atoms with Gasteiger partial charge in [0.25, 0.3) is 0 Å². The van der Waals surface area contributed by atoms with Crippen LogP contribution >= 0.6 is 0 Å². The van der Waals surface area contributed by atoms with Gasteiger partial charge in [0.05, 0.1) is 13.0 Å². The van der Waals surface area contributed by atoms with Crippen molar-refractivity contribution >= 4 is 16.8 Å². The smallest absolute Gasteiger partial charge is 0.227 e. The zero-order chi connectivity index (χ0) is 16.1. The van der Waals surface area contributed by atoms with Crippen LogP contribution in [0, 0.1) is 5.92 Å². The number of rotatable bonds is 6. The number of amides is 1. The van der Waals surface area contributed by atoms with Gasteiger partial charge in [0.15, 0.2) is 0 Å². The number of benzene rings is 1. The molecule has 0 unspecified atom stereocenters. The number of carbonyl (C=O) groups excluding carboxylic acids is 1. The standard InChI is InChI=1S/C19H24N2O2/c1-2-11-23-14-15-7-9-21(10-8-15)19(22)12-16-13-20-18-6-4-3-5-17(16)18/h2-6,13,15,20H,1,7-12,14H2. The van der Waals surface area contributed by atoms with Crippen LogP contribution in [0.1, 0.15) is 18.4 Å². The van der Waals surface area contributed by atoms with Gasteiger partial charge in [-0.1, -0.05) is 24.3 Å². The third kappa shape index (κ3) is 3.82. The highest BCUT2D eigenvalue weighted by Crippen LogP contribution is 2.21. The fraction of sp³-hybridized carbons (Fsp3) is 0.421. The van der Waals surface area contributed by atoms with Gasteiger partial charge in [-0.2, -0.15) is 0 Å². The number of nitrogens with zero attached hydrogens (tertiary/aromatic N) is 1. The zero-order valence-corrected chi connectivity index (χ0v) is 13.5. The number of aromatic amines is 1. The van der Waals surface area contributed by atoms with Crippen LogP contribution in [0.3, 0.4) is 0 Å². The van der Waals surface area contributed by atoms with Crippen LogP contribution in [-0.4, -0.2) is 42.1 Å². The highest BCUT2D eigenvalue weighted by molar-refractivity contribution is 5.88. The van der Waals surface area contributed by atoms with Crippen LogP contribution in [0.2, 0.25) is 0 Å². The summed E-state index contributed by atoms with van der Waals surface area (Å²) in [6.45, 7) is 6.71. The van der Waals surface area contributed by atoms with E-state index in [0.29, 0.717) is 18.9 Å². The van der Waals surface area contributed by atoms with Gasteiger partial charge in [0.1, 0.15) is 0 Å². The Balaban J connectivity index is 1.52. The van der Waals surface area contributed by atoms with Gasteiger partial charge in [0, 0.05) is 36.8 Å². The minimum atomic E-state index is 0.222. The second-order valence-corrected chi connectivity index (χ2v) is 6.19. The monoisotopic (exact) mass is 312 g/mol. The summed E-state index contributed by atoms with van der Waals surface area (Å²) in [5, 5.41) is 1.15. The lowest BCUT2D eigenvalue weighted by Gasteiger charge is -2.32. The maximum absolute atomic E-state index is 12.5. The first-order valence-electron chi connectivity index (χ1n) is 8.29. The average molecular weight is 312 g/mol. The molecule has 0 spiro atoms. The minimum absolute atomic E-state index is 0.222. The molecule has 1 aromatic heterocycles. The Labute approximate surface area is 137 Å². The second kappa shape index (κ2) is 7.47. The minimum Gasteiger partial charge on any atom is -0.377 e. The van der Waals surface area contributed by atoms with Crippen molar-refractivity contribution in [1.29, 1.82) is 0 Å². The van der Waals surface area contributed by atoms with E-state index in [1.54, 1.807) is 6.08 Å². The predicted molar refractivity (Wildman–Crippen MR) is 92.3 cm³/mol. The van der Waals surface area contributed by atoms with Crippen molar-refractivity contribution in [1.82, 2.24) is 9.88 Å². The van der Waals surface area contributed by atoms with E-state index in [9.17, 15) is 4.79 Å². The van der Waals surface area contributed by atoms with E-state index in [0.717, 1.165) is 49.0 Å². The van der Waals surface area contributed by atoms with Crippen LogP contribution in [0.5, 0.6) is 0 Å². The molecule has 23 heavy (non-hydrogen) atoms. The normalized spacial score (nSPS) is 15.9. The van der Waals surface area contributed by atoms with Crippen LogP contribution < -0.4 is 0 Å². The van der Waals surface area contributed by atoms with Crippen molar-refractivity contribution in [3.05, 3.63) is 48.7 Å². The molecule has 1 saturated heterocycles. The van der Waals surface area contributed by atoms with Crippen LogP contribution in [0.15, 0.2) is 43.1 Å². The van der Waals surface area contributed by atoms with E-state index >= 15 is 0 Å². The summed E-state index contributed by atoms with van der Waals surface area (Å²) in [6.07, 6.45) is 6.26. The first kappa shape index (κ1) is 15.8. The highest BCUT2D eigenvalue weighted by Gasteiger charge is 2.23. The van der Waals surface area contributed by atoms with Crippen LogP contribution in [-0.2, 0) is 16.0 Å². The van der Waals surface area contributed by atoms with Crippen LogP contribution in [0.25, 0.3) is 10.9 Å². The van der Waals surface area contributed by atoms with E-state index in [1.165, 1.54) is 0 Å². The Kier molecular flexibility index (Phi) is 5.13. The van der Waals surface area contributed by atoms with Gasteiger partial charge < -0.3 is 14.6 Å². The number of aromatic nitrogens is 1. The number of H-pyrrole nitrogens is 1. The summed E-state index contributed by atoms with van der Waals surface area (Å²) in [4.78, 5) is 17.8. The van der Waals surface area contributed by atoms with E-state index in [2.05, 4.69) is 17.6 Å². The summed E-state index contributed by atoms with van der Waals surface area (Å²) in [6, 6.07) is 8.12. The Morgan fingerprint density at radius 3 is 2.91 bits per heavy atom. The summed E-state index contributed by atoms with van der Waals surface area (Å²) >= 11 is 0. The van der Waals surface area contributed by atoms with E-state index in [-0.39, 0.29) is 5.91 Å². The van der Waals surface area contributed by atoms with Gasteiger partial charge in [-0.15, -0.1) is 6.58 Å². The molecular formula is C19H24N2O2. The summed E-state index contributed by atoms with van der Waals surface area (Å²) in [7, 11) is 0. The number of para-hydroxylation sites is 1. The third-order valence-corrected chi connectivity index (χ3v) is 4.57. The molecule has 3 rings (SSSR count). The van der Waals surface area contributed by atoms with Crippen molar-refractivity contribution in [2.75, 3.05) is 26.3 Å². The SMILES string of the molecule is C=CCOCC1CCN(C(=O)Cc2c[nH]c3ccccc23)CC1. The molecule has 1 aliphatic rings. The molecule has 0 atom stereocenters. The first-order chi connectivity index (χ1) is 11.3. The molecule has 1 amide bonds. The molecule has 1 N–H and O–H groups in total. The number of piperidine rings is 1. The molecule has 0 aliphatic carbocycles. The molecule has 2 heterocycles. The average Bonchev–Trinajstić information content (AvgIpc) is 2.99. The van der Waals surface area contributed by atoms with E-state index in [4.69, 9.17) is 4.74 Å². The molecule has 1 fully saturated rings. The molecule has 0 radical (unpaired) electrons. The highest BCUT2D eigenvalue weighted by atomic mass is 16.5. The molecule has 0 saturated carbocycles. The van der Waals surface area contributed by atoms with Crippen molar-refractivity contribution in [3.63, 3.8) is 0 Å².